The highest BCUT2D eigenvalue weighted by molar-refractivity contribution is 5.69. The minimum Gasteiger partial charge on any atom is -1.00 e. The van der Waals surface area contributed by atoms with Gasteiger partial charge in [-0.05, 0) is 24.3 Å². The number of carbonyl (C=O) groups is 1. The van der Waals surface area contributed by atoms with E-state index in [0.29, 0.717) is 12.2 Å². The van der Waals surface area contributed by atoms with E-state index in [2.05, 4.69) is 0 Å². The third-order valence-corrected chi connectivity index (χ3v) is 2.89. The molecule has 5 heteroatoms. The third kappa shape index (κ3) is 2.76. The monoisotopic (exact) mass is 321 g/mol. The van der Waals surface area contributed by atoms with Crippen LogP contribution in [0.15, 0.2) is 42.6 Å². The van der Waals surface area contributed by atoms with E-state index < -0.39 is 0 Å². The van der Waals surface area contributed by atoms with Gasteiger partial charge in [0.25, 0.3) is 0 Å². The molecular formula is C14H12BrNO3. The predicted molar refractivity (Wildman–Crippen MR) is 63.7 cm³/mol. The molecule has 19 heavy (non-hydrogen) atoms. The number of benzene rings is 1. The molecule has 1 aliphatic rings. The Bertz CT molecular complexity index is 601. The fourth-order valence-corrected chi connectivity index (χ4v) is 1.98. The van der Waals surface area contributed by atoms with Gasteiger partial charge in [-0.2, -0.15) is 4.57 Å². The largest absolute Gasteiger partial charge is 1.00 e. The van der Waals surface area contributed by atoms with Crippen molar-refractivity contribution in [3.63, 3.8) is 0 Å². The van der Waals surface area contributed by atoms with Gasteiger partial charge in [-0.15, -0.1) is 0 Å². The summed E-state index contributed by atoms with van der Waals surface area (Å²) in [7, 11) is 0. The van der Waals surface area contributed by atoms with Crippen LogP contribution >= 0.6 is 0 Å². The lowest BCUT2D eigenvalue weighted by Gasteiger charge is -2.01. The summed E-state index contributed by atoms with van der Waals surface area (Å²) in [5, 5.41) is 0. The first-order valence-electron chi connectivity index (χ1n) is 5.69. The van der Waals surface area contributed by atoms with Gasteiger partial charge in [0, 0.05) is 17.7 Å². The van der Waals surface area contributed by atoms with Gasteiger partial charge in [-0.3, -0.25) is 4.79 Å². The second-order valence-corrected chi connectivity index (χ2v) is 4.06. The number of aromatic nitrogens is 1. The van der Waals surface area contributed by atoms with Crippen LogP contribution in [0.4, 0.5) is 0 Å². The number of aldehydes is 1. The normalized spacial score (nSPS) is 11.8. The van der Waals surface area contributed by atoms with Crippen LogP contribution in [0.5, 0.6) is 11.5 Å². The third-order valence-electron chi connectivity index (χ3n) is 2.89. The molecule has 2 heterocycles. The van der Waals surface area contributed by atoms with E-state index in [1.807, 2.05) is 41.1 Å². The van der Waals surface area contributed by atoms with Crippen LogP contribution in [0, 0.1) is 0 Å². The Labute approximate surface area is 121 Å². The SMILES string of the molecule is O=Cc1cccc[n+]1Cc1ccc2c(c1)OCO2.[Br-]. The molecule has 1 aliphatic heterocycles. The number of ether oxygens (including phenoxy) is 2. The van der Waals surface area contributed by atoms with Gasteiger partial charge in [0.2, 0.25) is 18.8 Å². The molecule has 0 bridgehead atoms. The van der Waals surface area contributed by atoms with E-state index in [9.17, 15) is 4.79 Å². The summed E-state index contributed by atoms with van der Waals surface area (Å²) in [6, 6.07) is 11.3. The summed E-state index contributed by atoms with van der Waals surface area (Å²) in [5.74, 6) is 1.53. The quantitative estimate of drug-likeness (QED) is 0.514. The molecule has 0 unspecified atom stereocenters. The molecule has 0 atom stereocenters. The predicted octanol–water partition coefficient (Wildman–Crippen LogP) is -1.43. The number of hydrogen-bond donors (Lipinski definition) is 0. The van der Waals surface area contributed by atoms with Gasteiger partial charge in [-0.25, -0.2) is 0 Å². The lowest BCUT2D eigenvalue weighted by Crippen LogP contribution is -3.00. The van der Waals surface area contributed by atoms with E-state index >= 15 is 0 Å². The van der Waals surface area contributed by atoms with Crippen molar-refractivity contribution >= 4 is 6.29 Å². The molecule has 3 rings (SSSR count). The molecule has 98 valence electrons. The molecule has 0 aliphatic carbocycles. The van der Waals surface area contributed by atoms with Crippen LogP contribution in [0.1, 0.15) is 16.1 Å². The van der Waals surface area contributed by atoms with E-state index in [0.717, 1.165) is 23.3 Å². The topological polar surface area (TPSA) is 39.4 Å². The standard InChI is InChI=1S/C14H12NO3.BrH/c16-9-12-3-1-2-6-15(12)8-11-4-5-13-14(7-11)18-10-17-13;/h1-7,9H,8,10H2;1H/q+1;/p-1. The minimum atomic E-state index is 0. The zero-order valence-electron chi connectivity index (χ0n) is 10.1. The highest BCUT2D eigenvalue weighted by Crippen LogP contribution is 2.32. The van der Waals surface area contributed by atoms with Crippen LogP contribution in [0.3, 0.4) is 0 Å². The molecule has 0 spiro atoms. The van der Waals surface area contributed by atoms with Crippen molar-refractivity contribution in [1.29, 1.82) is 0 Å². The number of rotatable bonds is 3. The fourth-order valence-electron chi connectivity index (χ4n) is 1.98. The van der Waals surface area contributed by atoms with Crippen LogP contribution in [0.25, 0.3) is 0 Å². The van der Waals surface area contributed by atoms with E-state index in [1.165, 1.54) is 0 Å². The van der Waals surface area contributed by atoms with Crippen LogP contribution in [-0.2, 0) is 6.54 Å². The molecule has 2 aromatic rings. The molecule has 0 fully saturated rings. The molecular weight excluding hydrogens is 310 g/mol. The summed E-state index contributed by atoms with van der Waals surface area (Å²) in [6.07, 6.45) is 2.74. The Morgan fingerprint density at radius 3 is 2.84 bits per heavy atom. The molecule has 0 radical (unpaired) electrons. The van der Waals surface area contributed by atoms with Gasteiger partial charge in [0.05, 0.1) is 0 Å². The maximum atomic E-state index is 10.9. The van der Waals surface area contributed by atoms with Gasteiger partial charge in [0.15, 0.2) is 24.2 Å². The van der Waals surface area contributed by atoms with Crippen LogP contribution < -0.4 is 31.0 Å². The smallest absolute Gasteiger partial charge is 0.245 e. The molecule has 0 amide bonds. The maximum absolute atomic E-state index is 10.9. The Hall–Kier alpha value is -1.88. The zero-order chi connectivity index (χ0) is 12.4. The lowest BCUT2D eigenvalue weighted by atomic mass is 10.2. The summed E-state index contributed by atoms with van der Waals surface area (Å²) < 4.78 is 12.5. The lowest BCUT2D eigenvalue weighted by molar-refractivity contribution is -0.689. The van der Waals surface area contributed by atoms with E-state index in [1.54, 1.807) is 6.07 Å². The molecule has 1 aromatic heterocycles. The number of halogens is 1. The summed E-state index contributed by atoms with van der Waals surface area (Å²) in [6.45, 7) is 0.905. The van der Waals surface area contributed by atoms with Crippen molar-refractivity contribution in [2.24, 2.45) is 0 Å². The number of hydrogen-bond acceptors (Lipinski definition) is 3. The second-order valence-electron chi connectivity index (χ2n) is 4.06. The molecule has 0 saturated carbocycles. The van der Waals surface area contributed by atoms with Gasteiger partial charge in [0.1, 0.15) is 0 Å². The Morgan fingerprint density at radius 1 is 1.16 bits per heavy atom. The van der Waals surface area contributed by atoms with Crippen LogP contribution in [-0.4, -0.2) is 13.1 Å². The minimum absolute atomic E-state index is 0. The first-order valence-corrected chi connectivity index (χ1v) is 5.69. The number of fused-ring (bicyclic) bond motifs is 1. The molecule has 0 N–H and O–H groups in total. The average Bonchev–Trinajstić information content (AvgIpc) is 2.87. The first-order chi connectivity index (χ1) is 8.86. The molecule has 1 aromatic carbocycles. The Morgan fingerprint density at radius 2 is 2.00 bits per heavy atom. The van der Waals surface area contributed by atoms with Crippen molar-refractivity contribution in [2.45, 2.75) is 6.54 Å². The summed E-state index contributed by atoms with van der Waals surface area (Å²) in [5.41, 5.74) is 1.72. The zero-order valence-corrected chi connectivity index (χ0v) is 11.7. The van der Waals surface area contributed by atoms with Crippen molar-refractivity contribution in [3.8, 4) is 11.5 Å². The maximum Gasteiger partial charge on any atom is 0.245 e. The van der Waals surface area contributed by atoms with Crippen molar-refractivity contribution in [1.82, 2.24) is 0 Å². The first kappa shape index (κ1) is 13.5. The molecule has 4 nitrogen and oxygen atoms in total. The van der Waals surface area contributed by atoms with Gasteiger partial charge < -0.3 is 26.5 Å². The average molecular weight is 322 g/mol. The summed E-state index contributed by atoms with van der Waals surface area (Å²) >= 11 is 0. The second kappa shape index (κ2) is 5.84. The highest BCUT2D eigenvalue weighted by Gasteiger charge is 2.15. The number of pyridine rings is 1. The highest BCUT2D eigenvalue weighted by atomic mass is 79.9. The molecule has 0 saturated heterocycles. The van der Waals surface area contributed by atoms with Gasteiger partial charge in [-0.1, -0.05) is 0 Å². The number of nitrogens with zero attached hydrogens (tertiary/aromatic N) is 1. The van der Waals surface area contributed by atoms with Crippen LogP contribution in [0.2, 0.25) is 0 Å². The fraction of sp³-hybridized carbons (Fsp3) is 0.143. The Kier molecular flexibility index (Phi) is 4.16. The van der Waals surface area contributed by atoms with Crippen molar-refractivity contribution < 1.29 is 35.8 Å². The van der Waals surface area contributed by atoms with Crippen molar-refractivity contribution in [2.75, 3.05) is 6.79 Å². The van der Waals surface area contributed by atoms with Gasteiger partial charge >= 0.3 is 0 Å². The van der Waals surface area contributed by atoms with E-state index in [-0.39, 0.29) is 23.8 Å². The summed E-state index contributed by atoms with van der Waals surface area (Å²) in [4.78, 5) is 10.9. The number of carbonyl (C=O) groups excluding carboxylic acids is 1. The van der Waals surface area contributed by atoms with Crippen molar-refractivity contribution in [3.05, 3.63) is 53.9 Å². The van der Waals surface area contributed by atoms with E-state index in [4.69, 9.17) is 9.47 Å². The Balaban J connectivity index is 0.00000133.